The molecule has 14 heavy (non-hydrogen) atoms. The second-order valence-electron chi connectivity index (χ2n) is 1.03. The summed E-state index contributed by atoms with van der Waals surface area (Å²) in [4.78, 5) is 43.1. The molecule has 0 aliphatic heterocycles. The van der Waals surface area contributed by atoms with Gasteiger partial charge in [0, 0.05) is 0 Å². The Morgan fingerprint density at radius 2 is 0.571 bits per heavy atom. The molecule has 0 aliphatic carbocycles. The summed E-state index contributed by atoms with van der Waals surface area (Å²) in [7, 11) is -9.28. The van der Waals surface area contributed by atoms with Crippen molar-refractivity contribution in [1.29, 1.82) is 0 Å². The number of hydrogen-bond donors (Lipinski definition) is 6. The van der Waals surface area contributed by atoms with Crippen LogP contribution >= 0.6 is 15.6 Å². The van der Waals surface area contributed by atoms with Gasteiger partial charge in [-0.2, -0.15) is 0 Å². The fourth-order valence-corrected chi connectivity index (χ4v) is 0. The van der Waals surface area contributed by atoms with Crippen LogP contribution < -0.4 is 0 Å². The summed E-state index contributed by atoms with van der Waals surface area (Å²) in [6, 6.07) is 0. The van der Waals surface area contributed by atoms with Crippen LogP contribution in [-0.2, 0) is 9.13 Å². The Bertz CT molecular complexity index is 130. The predicted octanol–water partition coefficient (Wildman–Crippen LogP) is -4.63. The van der Waals surface area contributed by atoms with Crippen molar-refractivity contribution in [3.8, 4) is 0 Å². The van der Waals surface area contributed by atoms with Gasteiger partial charge in [-0.15, -0.1) is 0 Å². The maximum atomic E-state index is 8.88. The second-order valence-corrected chi connectivity index (χ2v) is 3.08. The van der Waals surface area contributed by atoms with Gasteiger partial charge in [-0.3, -0.25) is 0 Å². The third-order valence-electron chi connectivity index (χ3n) is 0. The molecule has 0 aromatic carbocycles. The Kier molecular flexibility index (Phi) is 41.6. The SMILES string of the molecule is O.O=P(O)(O)O.O=P(O)(O)O.[NaH].[NaH].[NaH]. The summed E-state index contributed by atoms with van der Waals surface area (Å²) in [5.41, 5.74) is 0. The summed E-state index contributed by atoms with van der Waals surface area (Å²) in [6.45, 7) is 0. The first-order chi connectivity index (χ1) is 4.00. The van der Waals surface area contributed by atoms with Gasteiger partial charge in [0.1, 0.15) is 0 Å². The number of rotatable bonds is 0. The van der Waals surface area contributed by atoms with Gasteiger partial charge in [0.25, 0.3) is 0 Å². The van der Waals surface area contributed by atoms with Crippen LogP contribution in [0.1, 0.15) is 0 Å². The standard InChI is InChI=1S/3Na.2H3O4P.H2O.3H/c;;;2*1-5(2,3)4;;;;/h;;;2*(H3,1,2,3,4);1H2;;;. The Hall–Kier alpha value is 3.18. The number of hydrogen-bond acceptors (Lipinski definition) is 2. The predicted molar refractivity (Wildman–Crippen MR) is 53.6 cm³/mol. The van der Waals surface area contributed by atoms with Crippen molar-refractivity contribution < 1.29 is 44.0 Å². The van der Waals surface area contributed by atoms with Crippen LogP contribution in [0.4, 0.5) is 0 Å². The average Bonchev–Trinajstić information content (AvgIpc) is 1.12. The van der Waals surface area contributed by atoms with Crippen molar-refractivity contribution in [2.24, 2.45) is 0 Å². The molecule has 0 amide bonds. The first kappa shape index (κ1) is 36.0. The summed E-state index contributed by atoms with van der Waals surface area (Å²) >= 11 is 0. The van der Waals surface area contributed by atoms with E-state index in [0.29, 0.717) is 0 Å². The van der Waals surface area contributed by atoms with Gasteiger partial charge in [0.15, 0.2) is 0 Å². The fourth-order valence-electron chi connectivity index (χ4n) is 0. The zero-order chi connectivity index (χ0) is 9.00. The first-order valence-corrected chi connectivity index (χ1v) is 4.70. The van der Waals surface area contributed by atoms with Crippen LogP contribution in [-0.4, -0.2) is 124 Å². The van der Waals surface area contributed by atoms with Crippen LogP contribution in [0, 0.1) is 0 Å². The van der Waals surface area contributed by atoms with Gasteiger partial charge in [-0.05, 0) is 0 Å². The molecule has 0 saturated carbocycles. The van der Waals surface area contributed by atoms with Crippen LogP contribution in [0.3, 0.4) is 0 Å². The normalized spacial score (nSPS) is 8.43. The Morgan fingerprint density at radius 1 is 0.571 bits per heavy atom. The van der Waals surface area contributed by atoms with E-state index in [1.54, 1.807) is 0 Å². The van der Waals surface area contributed by atoms with Crippen LogP contribution in [0.25, 0.3) is 0 Å². The minimum absolute atomic E-state index is 0. The average molecular weight is 286 g/mol. The van der Waals surface area contributed by atoms with Gasteiger partial charge < -0.3 is 34.8 Å². The Morgan fingerprint density at radius 3 is 0.571 bits per heavy atom. The van der Waals surface area contributed by atoms with Gasteiger partial charge >= 0.3 is 104 Å². The molecular formula is H11Na3O9P2. The third kappa shape index (κ3) is 302. The fraction of sp³-hybridized carbons (Fsp3) is 0. The number of phosphoric acid groups is 2. The van der Waals surface area contributed by atoms with E-state index in [1.165, 1.54) is 0 Å². The molecule has 8 N–H and O–H groups in total. The second kappa shape index (κ2) is 16.2. The van der Waals surface area contributed by atoms with Crippen molar-refractivity contribution in [3.05, 3.63) is 0 Å². The molecule has 0 aromatic rings. The molecule has 9 nitrogen and oxygen atoms in total. The van der Waals surface area contributed by atoms with E-state index in [9.17, 15) is 0 Å². The molecule has 0 rings (SSSR count). The molecule has 0 atom stereocenters. The third-order valence-corrected chi connectivity index (χ3v) is 0. The molecule has 0 spiro atoms. The summed E-state index contributed by atoms with van der Waals surface area (Å²) in [6.07, 6.45) is 0. The van der Waals surface area contributed by atoms with E-state index < -0.39 is 15.6 Å². The van der Waals surface area contributed by atoms with Crippen LogP contribution in [0.15, 0.2) is 0 Å². The molecule has 0 saturated heterocycles. The Balaban J connectivity index is -0.0000000178. The monoisotopic (exact) mass is 286 g/mol. The van der Waals surface area contributed by atoms with Crippen LogP contribution in [0.2, 0.25) is 0 Å². The molecule has 0 heterocycles. The van der Waals surface area contributed by atoms with E-state index >= 15 is 0 Å². The van der Waals surface area contributed by atoms with Gasteiger partial charge in [0.2, 0.25) is 0 Å². The van der Waals surface area contributed by atoms with Crippen molar-refractivity contribution >= 4 is 104 Å². The van der Waals surface area contributed by atoms with E-state index in [4.69, 9.17) is 38.5 Å². The van der Waals surface area contributed by atoms with Gasteiger partial charge in [-0.25, -0.2) is 9.13 Å². The molecule has 0 aromatic heterocycles. The quantitative estimate of drug-likeness (QED) is 0.189. The van der Waals surface area contributed by atoms with Crippen molar-refractivity contribution in [1.82, 2.24) is 0 Å². The molecule has 14 heteroatoms. The summed E-state index contributed by atoms with van der Waals surface area (Å²) < 4.78 is 17.8. The van der Waals surface area contributed by atoms with Crippen molar-refractivity contribution in [3.63, 3.8) is 0 Å². The minimum atomic E-state index is -4.64. The summed E-state index contributed by atoms with van der Waals surface area (Å²) in [5.74, 6) is 0. The molecular weight excluding hydrogens is 275 g/mol. The molecule has 78 valence electrons. The van der Waals surface area contributed by atoms with Gasteiger partial charge in [-0.1, -0.05) is 0 Å². The van der Waals surface area contributed by atoms with Crippen molar-refractivity contribution in [2.75, 3.05) is 0 Å². The molecule has 0 fully saturated rings. The molecule has 0 unspecified atom stereocenters. The first-order valence-electron chi connectivity index (χ1n) is 1.57. The van der Waals surface area contributed by atoms with E-state index in [0.717, 1.165) is 0 Å². The van der Waals surface area contributed by atoms with Crippen molar-refractivity contribution in [2.45, 2.75) is 0 Å². The zero-order valence-electron chi connectivity index (χ0n) is 4.89. The van der Waals surface area contributed by atoms with Gasteiger partial charge in [0.05, 0.1) is 0 Å². The zero-order valence-corrected chi connectivity index (χ0v) is 6.68. The maximum absolute atomic E-state index is 8.88. The molecule has 0 aliphatic rings. The Labute approximate surface area is 146 Å². The van der Waals surface area contributed by atoms with Crippen LogP contribution in [0.5, 0.6) is 0 Å². The summed E-state index contributed by atoms with van der Waals surface area (Å²) in [5, 5.41) is 0. The topological polar surface area (TPSA) is 187 Å². The molecule has 0 bridgehead atoms. The van der Waals surface area contributed by atoms with E-state index in [-0.39, 0.29) is 94.1 Å². The van der Waals surface area contributed by atoms with E-state index in [1.807, 2.05) is 0 Å². The van der Waals surface area contributed by atoms with E-state index in [2.05, 4.69) is 0 Å². The molecule has 0 radical (unpaired) electrons.